The lowest BCUT2D eigenvalue weighted by Crippen LogP contribution is -2.42. The maximum atomic E-state index is 13.2. The molecular formula is C22H26F2N4O4. The van der Waals surface area contributed by atoms with Crippen LogP contribution in [0.3, 0.4) is 0 Å². The quantitative estimate of drug-likeness (QED) is 0.454. The van der Waals surface area contributed by atoms with Crippen LogP contribution in [0.1, 0.15) is 24.6 Å². The second-order valence-electron chi connectivity index (χ2n) is 7.11. The number of hydrogen-bond donors (Lipinski definition) is 3. The van der Waals surface area contributed by atoms with Crippen molar-refractivity contribution in [1.29, 1.82) is 0 Å². The Morgan fingerprint density at radius 3 is 2.50 bits per heavy atom. The van der Waals surface area contributed by atoms with E-state index in [9.17, 15) is 23.2 Å². The number of hydrogen-bond acceptors (Lipinski definition) is 5. The van der Waals surface area contributed by atoms with Crippen molar-refractivity contribution < 1.29 is 27.9 Å². The molecule has 0 unspecified atom stereocenters. The highest BCUT2D eigenvalue weighted by molar-refractivity contribution is 5.97. The molecule has 2 rings (SSSR count). The number of halogens is 2. The molecule has 1 atom stereocenters. The third kappa shape index (κ3) is 8.76. The minimum absolute atomic E-state index is 0.132. The van der Waals surface area contributed by atoms with Crippen molar-refractivity contribution >= 4 is 23.4 Å². The first-order chi connectivity index (χ1) is 15.3. The van der Waals surface area contributed by atoms with Crippen LogP contribution in [0.25, 0.3) is 0 Å². The fourth-order valence-electron chi connectivity index (χ4n) is 2.82. The maximum absolute atomic E-state index is 13.2. The average molecular weight is 448 g/mol. The molecular weight excluding hydrogens is 422 g/mol. The van der Waals surface area contributed by atoms with Gasteiger partial charge >= 0.3 is 0 Å². The molecule has 0 aliphatic heterocycles. The van der Waals surface area contributed by atoms with Crippen LogP contribution in [0, 0.1) is 11.6 Å². The van der Waals surface area contributed by atoms with Crippen molar-refractivity contribution in [3.05, 3.63) is 59.4 Å². The van der Waals surface area contributed by atoms with Crippen molar-refractivity contribution in [3.8, 4) is 0 Å². The molecule has 3 amide bonds. The number of amides is 3. The van der Waals surface area contributed by atoms with E-state index in [0.717, 1.165) is 12.1 Å². The fourth-order valence-corrected chi connectivity index (χ4v) is 2.82. The van der Waals surface area contributed by atoms with Crippen LogP contribution >= 0.6 is 0 Å². The Hall–Kier alpha value is -3.40. The molecule has 0 radical (unpaired) electrons. The van der Waals surface area contributed by atoms with Gasteiger partial charge in [-0.05, 0) is 43.2 Å². The highest BCUT2D eigenvalue weighted by atomic mass is 19.1. The Kier molecular flexibility index (Phi) is 9.68. The van der Waals surface area contributed by atoms with Gasteiger partial charge in [0.25, 0.3) is 0 Å². The molecule has 172 valence electrons. The summed E-state index contributed by atoms with van der Waals surface area (Å²) >= 11 is 0. The molecule has 0 fully saturated rings. The first kappa shape index (κ1) is 24.9. The zero-order chi connectivity index (χ0) is 23.5. The minimum atomic E-state index is -0.885. The number of ether oxygens (including phenoxy) is 1. The summed E-state index contributed by atoms with van der Waals surface area (Å²) in [6.07, 6.45) is 1.87. The molecule has 1 aromatic heterocycles. The van der Waals surface area contributed by atoms with Gasteiger partial charge < -0.3 is 20.7 Å². The Labute approximate surface area is 184 Å². The van der Waals surface area contributed by atoms with Gasteiger partial charge in [0.2, 0.25) is 17.7 Å². The van der Waals surface area contributed by atoms with Crippen molar-refractivity contribution in [3.63, 3.8) is 0 Å². The molecule has 8 nitrogen and oxygen atoms in total. The monoisotopic (exact) mass is 448 g/mol. The highest BCUT2D eigenvalue weighted by Crippen LogP contribution is 2.11. The first-order valence-electron chi connectivity index (χ1n) is 10.0. The van der Waals surface area contributed by atoms with Crippen LogP contribution < -0.4 is 16.0 Å². The molecule has 1 heterocycles. The number of pyridine rings is 1. The number of carbonyl (C=O) groups is 3. The predicted molar refractivity (Wildman–Crippen MR) is 114 cm³/mol. The molecule has 0 aliphatic carbocycles. The number of methoxy groups -OCH3 is 1. The smallest absolute Gasteiger partial charge is 0.246 e. The number of benzene rings is 1. The number of nitrogens with one attached hydrogen (secondary N) is 3. The average Bonchev–Trinajstić information content (AvgIpc) is 2.71. The van der Waals surface area contributed by atoms with E-state index in [0.29, 0.717) is 37.0 Å². The summed E-state index contributed by atoms with van der Waals surface area (Å²) in [6.45, 7) is 2.35. The molecule has 10 heteroatoms. The Balaban J connectivity index is 1.84. The van der Waals surface area contributed by atoms with E-state index >= 15 is 0 Å². The Morgan fingerprint density at radius 1 is 1.09 bits per heavy atom. The van der Waals surface area contributed by atoms with Crippen molar-refractivity contribution in [1.82, 2.24) is 15.6 Å². The molecule has 0 saturated heterocycles. The summed E-state index contributed by atoms with van der Waals surface area (Å²) in [5.74, 6) is -2.71. The van der Waals surface area contributed by atoms with E-state index in [4.69, 9.17) is 4.74 Å². The molecule has 0 saturated carbocycles. The lowest BCUT2D eigenvalue weighted by Gasteiger charge is -2.15. The fraction of sp³-hybridized carbons (Fsp3) is 0.364. The SMILES string of the molecule is COCCNC(=O)CCc1cc(NC(=O)[C@H](C)NC(=O)Cc2cc(F)cc(F)c2)ccn1. The van der Waals surface area contributed by atoms with Gasteiger partial charge in [-0.1, -0.05) is 0 Å². The van der Waals surface area contributed by atoms with E-state index < -0.39 is 29.5 Å². The lowest BCUT2D eigenvalue weighted by molar-refractivity contribution is -0.125. The number of anilines is 1. The van der Waals surface area contributed by atoms with Gasteiger partial charge in [-0.3, -0.25) is 19.4 Å². The van der Waals surface area contributed by atoms with Crippen molar-refractivity contribution in [2.24, 2.45) is 0 Å². The predicted octanol–water partition coefficient (Wildman–Crippen LogP) is 1.74. The van der Waals surface area contributed by atoms with Crippen LogP contribution in [0.4, 0.5) is 14.5 Å². The number of aryl methyl sites for hydroxylation is 1. The van der Waals surface area contributed by atoms with Gasteiger partial charge in [-0.2, -0.15) is 0 Å². The van der Waals surface area contributed by atoms with Crippen LogP contribution in [0.5, 0.6) is 0 Å². The van der Waals surface area contributed by atoms with Gasteiger partial charge in [0.05, 0.1) is 13.0 Å². The van der Waals surface area contributed by atoms with Gasteiger partial charge in [-0.25, -0.2) is 8.78 Å². The summed E-state index contributed by atoms with van der Waals surface area (Å²) in [5.41, 5.74) is 1.25. The minimum Gasteiger partial charge on any atom is -0.383 e. The summed E-state index contributed by atoms with van der Waals surface area (Å²) < 4.78 is 31.4. The van der Waals surface area contributed by atoms with Crippen LogP contribution in [-0.2, 0) is 32.0 Å². The molecule has 32 heavy (non-hydrogen) atoms. The largest absolute Gasteiger partial charge is 0.383 e. The molecule has 3 N–H and O–H groups in total. The summed E-state index contributed by atoms with van der Waals surface area (Å²) in [7, 11) is 1.55. The standard InChI is InChI=1S/C22H26F2N4O4/c1-14(27-21(30)11-15-9-16(23)12-17(24)10-15)22(31)28-19-5-6-25-18(13-19)3-4-20(29)26-7-8-32-2/h5-6,9-10,12-14H,3-4,7-8,11H2,1-2H3,(H,26,29)(H,27,30)(H,25,28,31)/t14-/m0/s1. The van der Waals surface area contributed by atoms with Gasteiger partial charge in [-0.15, -0.1) is 0 Å². The van der Waals surface area contributed by atoms with Gasteiger partial charge in [0.1, 0.15) is 17.7 Å². The van der Waals surface area contributed by atoms with E-state index in [2.05, 4.69) is 20.9 Å². The third-order valence-electron chi connectivity index (χ3n) is 4.38. The molecule has 2 aromatic rings. The molecule has 0 aliphatic rings. The van der Waals surface area contributed by atoms with E-state index in [-0.39, 0.29) is 24.3 Å². The van der Waals surface area contributed by atoms with E-state index in [1.807, 2.05) is 0 Å². The summed E-state index contributed by atoms with van der Waals surface area (Å²) in [6, 6.07) is 5.18. The second kappa shape index (κ2) is 12.5. The lowest BCUT2D eigenvalue weighted by atomic mass is 10.1. The normalized spacial score (nSPS) is 11.5. The molecule has 0 bridgehead atoms. The third-order valence-corrected chi connectivity index (χ3v) is 4.38. The Morgan fingerprint density at radius 2 is 1.81 bits per heavy atom. The molecule has 0 spiro atoms. The van der Waals surface area contributed by atoms with Gasteiger partial charge in [0, 0.05) is 43.7 Å². The summed E-state index contributed by atoms with van der Waals surface area (Å²) in [5, 5.41) is 7.87. The number of rotatable bonds is 11. The first-order valence-corrected chi connectivity index (χ1v) is 10.0. The second-order valence-corrected chi connectivity index (χ2v) is 7.11. The molecule has 1 aromatic carbocycles. The van der Waals surface area contributed by atoms with E-state index in [1.54, 1.807) is 19.2 Å². The van der Waals surface area contributed by atoms with Crippen LogP contribution in [0.2, 0.25) is 0 Å². The zero-order valence-electron chi connectivity index (χ0n) is 17.9. The number of carbonyl (C=O) groups excluding carboxylic acids is 3. The van der Waals surface area contributed by atoms with Crippen LogP contribution in [0.15, 0.2) is 36.5 Å². The number of aromatic nitrogens is 1. The maximum Gasteiger partial charge on any atom is 0.246 e. The summed E-state index contributed by atoms with van der Waals surface area (Å²) in [4.78, 5) is 40.4. The van der Waals surface area contributed by atoms with Crippen LogP contribution in [-0.4, -0.2) is 49.0 Å². The topological polar surface area (TPSA) is 109 Å². The number of nitrogens with zero attached hydrogens (tertiary/aromatic N) is 1. The Bertz CT molecular complexity index is 935. The van der Waals surface area contributed by atoms with Crippen molar-refractivity contribution in [2.45, 2.75) is 32.2 Å². The van der Waals surface area contributed by atoms with E-state index in [1.165, 1.54) is 13.1 Å². The zero-order valence-corrected chi connectivity index (χ0v) is 17.9. The van der Waals surface area contributed by atoms with Crippen molar-refractivity contribution in [2.75, 3.05) is 25.6 Å². The van der Waals surface area contributed by atoms with Gasteiger partial charge in [0.15, 0.2) is 0 Å². The highest BCUT2D eigenvalue weighted by Gasteiger charge is 2.17.